The van der Waals surface area contributed by atoms with Crippen LogP contribution in [0.5, 0.6) is 0 Å². The van der Waals surface area contributed by atoms with Crippen molar-refractivity contribution in [3.63, 3.8) is 0 Å². The highest BCUT2D eigenvalue weighted by Gasteiger charge is 2.24. The normalized spacial score (nSPS) is 27.1. The predicted molar refractivity (Wildman–Crippen MR) is 48.9 cm³/mol. The van der Waals surface area contributed by atoms with Crippen molar-refractivity contribution in [3.05, 3.63) is 0 Å². The molecule has 0 aromatic heterocycles. The number of likely N-dealkylation sites (tertiary alicyclic amines) is 1. The average molecular weight is 170 g/mol. The molecular weight excluding hydrogens is 152 g/mol. The summed E-state index contributed by atoms with van der Waals surface area (Å²) in [5.74, 6) is 0.718. The lowest BCUT2D eigenvalue weighted by Crippen LogP contribution is -2.37. The van der Waals surface area contributed by atoms with Crippen LogP contribution in [-0.2, 0) is 4.79 Å². The molecule has 1 fully saturated rings. The van der Waals surface area contributed by atoms with Crippen molar-refractivity contribution in [2.24, 2.45) is 5.92 Å². The second kappa shape index (κ2) is 3.90. The van der Waals surface area contributed by atoms with Crippen molar-refractivity contribution in [1.82, 2.24) is 10.2 Å². The Balaban J connectivity index is 2.32. The third-order valence-electron chi connectivity index (χ3n) is 2.57. The summed E-state index contributed by atoms with van der Waals surface area (Å²) in [6.45, 7) is 5.94. The number of hydrogen-bond donors (Lipinski definition) is 1. The van der Waals surface area contributed by atoms with Gasteiger partial charge in [0.05, 0.1) is 0 Å². The molecule has 70 valence electrons. The Morgan fingerprint density at radius 3 is 2.75 bits per heavy atom. The Morgan fingerprint density at radius 2 is 2.33 bits per heavy atom. The van der Waals surface area contributed by atoms with Crippen LogP contribution in [-0.4, -0.2) is 37.0 Å². The maximum Gasteiger partial charge on any atom is 0.217 e. The summed E-state index contributed by atoms with van der Waals surface area (Å²) in [7, 11) is 2.13. The van der Waals surface area contributed by atoms with Gasteiger partial charge in [0.2, 0.25) is 5.91 Å². The molecule has 0 spiro atoms. The summed E-state index contributed by atoms with van der Waals surface area (Å²) >= 11 is 0. The highest BCUT2D eigenvalue weighted by molar-refractivity contribution is 5.73. The average Bonchev–Trinajstić information content (AvgIpc) is 2.34. The van der Waals surface area contributed by atoms with Crippen LogP contribution in [0.2, 0.25) is 0 Å². The molecule has 2 unspecified atom stereocenters. The molecule has 2 atom stereocenters. The van der Waals surface area contributed by atoms with Crippen LogP contribution in [0.15, 0.2) is 0 Å². The minimum Gasteiger partial charge on any atom is -0.354 e. The monoisotopic (exact) mass is 170 g/mol. The summed E-state index contributed by atoms with van der Waals surface area (Å²) < 4.78 is 0. The number of carbonyl (C=O) groups excluding carboxylic acids is 1. The highest BCUT2D eigenvalue weighted by Crippen LogP contribution is 2.17. The van der Waals surface area contributed by atoms with E-state index >= 15 is 0 Å². The number of carbonyl (C=O) groups is 1. The van der Waals surface area contributed by atoms with Gasteiger partial charge in [-0.1, -0.05) is 0 Å². The minimum absolute atomic E-state index is 0.0806. The van der Waals surface area contributed by atoms with Gasteiger partial charge in [-0.15, -0.1) is 0 Å². The third-order valence-corrected chi connectivity index (χ3v) is 2.57. The fourth-order valence-electron chi connectivity index (χ4n) is 1.82. The number of hydrogen-bond acceptors (Lipinski definition) is 2. The molecule has 0 radical (unpaired) electrons. The molecule has 0 aromatic rings. The predicted octanol–water partition coefficient (Wildman–Crippen LogP) is 0.463. The summed E-state index contributed by atoms with van der Waals surface area (Å²) in [6, 6.07) is 0.326. The van der Waals surface area contributed by atoms with Gasteiger partial charge in [0, 0.05) is 19.5 Å². The largest absolute Gasteiger partial charge is 0.354 e. The van der Waals surface area contributed by atoms with Crippen LogP contribution in [0.1, 0.15) is 20.3 Å². The summed E-state index contributed by atoms with van der Waals surface area (Å²) in [5.41, 5.74) is 0. The molecule has 1 aliphatic heterocycles. The molecule has 12 heavy (non-hydrogen) atoms. The number of rotatable bonds is 2. The van der Waals surface area contributed by atoms with Crippen molar-refractivity contribution in [2.75, 3.05) is 20.1 Å². The van der Waals surface area contributed by atoms with Gasteiger partial charge in [0.25, 0.3) is 0 Å². The molecule has 0 bridgehead atoms. The first-order chi connectivity index (χ1) is 5.59. The van der Waals surface area contributed by atoms with E-state index in [0.29, 0.717) is 12.0 Å². The maximum atomic E-state index is 10.8. The van der Waals surface area contributed by atoms with Gasteiger partial charge in [-0.3, -0.25) is 4.79 Å². The molecule has 1 saturated heterocycles. The van der Waals surface area contributed by atoms with Gasteiger partial charge in [-0.25, -0.2) is 0 Å². The van der Waals surface area contributed by atoms with E-state index < -0.39 is 0 Å². The minimum atomic E-state index is 0.0806. The van der Waals surface area contributed by atoms with E-state index in [1.54, 1.807) is 6.92 Å². The Morgan fingerprint density at radius 1 is 1.67 bits per heavy atom. The van der Waals surface area contributed by atoms with Crippen molar-refractivity contribution < 1.29 is 4.79 Å². The Labute approximate surface area is 74.1 Å². The zero-order valence-corrected chi connectivity index (χ0v) is 8.13. The quantitative estimate of drug-likeness (QED) is 0.653. The molecule has 1 rings (SSSR count). The molecule has 1 amide bonds. The molecule has 0 saturated carbocycles. The van der Waals surface area contributed by atoms with Crippen molar-refractivity contribution in [2.45, 2.75) is 26.3 Å². The molecule has 0 aliphatic carbocycles. The summed E-state index contributed by atoms with van der Waals surface area (Å²) in [4.78, 5) is 13.1. The zero-order chi connectivity index (χ0) is 9.14. The second-order valence-corrected chi connectivity index (χ2v) is 3.80. The van der Waals surface area contributed by atoms with Crippen LogP contribution in [0.25, 0.3) is 0 Å². The lowest BCUT2D eigenvalue weighted by Gasteiger charge is -2.19. The Kier molecular flexibility index (Phi) is 3.09. The second-order valence-electron chi connectivity index (χ2n) is 3.80. The zero-order valence-electron chi connectivity index (χ0n) is 8.13. The van der Waals surface area contributed by atoms with E-state index in [-0.39, 0.29) is 5.91 Å². The fraction of sp³-hybridized carbons (Fsp3) is 0.889. The topological polar surface area (TPSA) is 32.3 Å². The van der Waals surface area contributed by atoms with E-state index in [1.165, 1.54) is 6.42 Å². The van der Waals surface area contributed by atoms with Crippen molar-refractivity contribution >= 4 is 5.91 Å². The molecule has 0 aromatic carbocycles. The maximum absolute atomic E-state index is 10.8. The Hall–Kier alpha value is -0.570. The molecule has 3 nitrogen and oxygen atoms in total. The third kappa shape index (κ3) is 2.48. The van der Waals surface area contributed by atoms with Crippen molar-refractivity contribution in [1.29, 1.82) is 0 Å². The number of nitrogens with zero attached hydrogens (tertiary/aromatic N) is 1. The van der Waals surface area contributed by atoms with Gasteiger partial charge >= 0.3 is 0 Å². The molecule has 1 heterocycles. The number of amides is 1. The molecule has 3 heteroatoms. The first-order valence-electron chi connectivity index (χ1n) is 4.55. The van der Waals surface area contributed by atoms with Crippen LogP contribution in [0.4, 0.5) is 0 Å². The lowest BCUT2D eigenvalue weighted by molar-refractivity contribution is -0.119. The first-order valence-corrected chi connectivity index (χ1v) is 4.55. The van der Waals surface area contributed by atoms with Gasteiger partial charge in [0.15, 0.2) is 0 Å². The summed E-state index contributed by atoms with van der Waals surface area (Å²) in [5, 5.41) is 2.94. The van der Waals surface area contributed by atoms with Crippen LogP contribution in [0.3, 0.4) is 0 Å². The van der Waals surface area contributed by atoms with Gasteiger partial charge < -0.3 is 10.2 Å². The Bertz CT molecular complexity index is 170. The molecule has 1 N–H and O–H groups in total. The van der Waals surface area contributed by atoms with Crippen LogP contribution in [0, 0.1) is 5.92 Å². The molecule has 1 aliphatic rings. The van der Waals surface area contributed by atoms with E-state index in [9.17, 15) is 4.79 Å². The standard InChI is InChI=1S/C9H18N2O/c1-7(10-8(2)12)9-4-5-11(3)6-9/h7,9H,4-6H2,1-3H3,(H,10,12). The smallest absolute Gasteiger partial charge is 0.217 e. The fourth-order valence-corrected chi connectivity index (χ4v) is 1.82. The van der Waals surface area contributed by atoms with E-state index in [2.05, 4.69) is 24.2 Å². The summed E-state index contributed by atoms with van der Waals surface area (Å²) in [6.07, 6.45) is 1.21. The van der Waals surface area contributed by atoms with E-state index in [4.69, 9.17) is 0 Å². The highest BCUT2D eigenvalue weighted by atomic mass is 16.1. The lowest BCUT2D eigenvalue weighted by atomic mass is 10.0. The SMILES string of the molecule is CC(=O)NC(C)C1CCN(C)C1. The number of nitrogens with one attached hydrogen (secondary N) is 1. The van der Waals surface area contributed by atoms with Crippen molar-refractivity contribution in [3.8, 4) is 0 Å². The van der Waals surface area contributed by atoms with Gasteiger partial charge in [-0.05, 0) is 32.9 Å². The van der Waals surface area contributed by atoms with Gasteiger partial charge in [0.1, 0.15) is 0 Å². The van der Waals surface area contributed by atoms with Crippen LogP contribution >= 0.6 is 0 Å². The van der Waals surface area contributed by atoms with E-state index in [0.717, 1.165) is 13.1 Å². The van der Waals surface area contributed by atoms with E-state index in [1.807, 2.05) is 0 Å². The molecular formula is C9H18N2O. The van der Waals surface area contributed by atoms with Gasteiger partial charge in [-0.2, -0.15) is 0 Å². The first kappa shape index (κ1) is 9.52. The van der Waals surface area contributed by atoms with Crippen LogP contribution < -0.4 is 5.32 Å².